The van der Waals surface area contributed by atoms with Crippen LogP contribution in [0.2, 0.25) is 0 Å². The highest BCUT2D eigenvalue weighted by Crippen LogP contribution is 2.12. The monoisotopic (exact) mass is 207 g/mol. The zero-order valence-electron chi connectivity index (χ0n) is 8.53. The fourth-order valence-electron chi connectivity index (χ4n) is 1.26. The molecule has 1 aromatic rings. The molecule has 1 aromatic carbocycles. The molecule has 1 amide bonds. The Morgan fingerprint density at radius 1 is 1.67 bits per heavy atom. The summed E-state index contributed by atoms with van der Waals surface area (Å²) in [6, 6.07) is 7.07. The van der Waals surface area contributed by atoms with Gasteiger partial charge in [-0.15, -0.1) is 0 Å². The first kappa shape index (κ1) is 9.98. The molecule has 4 nitrogen and oxygen atoms in total. The van der Waals surface area contributed by atoms with E-state index < -0.39 is 0 Å². The third kappa shape index (κ3) is 2.70. The van der Waals surface area contributed by atoms with Gasteiger partial charge in [-0.1, -0.05) is 6.07 Å². The van der Waals surface area contributed by atoms with Crippen LogP contribution in [0.4, 0.5) is 0 Å². The Hall–Kier alpha value is -1.55. The van der Waals surface area contributed by atoms with Gasteiger partial charge < -0.3 is 14.8 Å². The molecule has 4 heteroatoms. The Morgan fingerprint density at radius 3 is 3.13 bits per heavy atom. The molecule has 0 saturated carbocycles. The van der Waals surface area contributed by atoms with Crippen LogP contribution < -0.4 is 10.1 Å². The van der Waals surface area contributed by atoms with E-state index in [-0.39, 0.29) is 12.0 Å². The molecule has 1 aliphatic rings. The second-order valence-corrected chi connectivity index (χ2v) is 3.40. The van der Waals surface area contributed by atoms with Crippen molar-refractivity contribution in [2.24, 2.45) is 0 Å². The molecule has 1 heterocycles. The highest BCUT2D eigenvalue weighted by Gasteiger charge is 2.22. The zero-order chi connectivity index (χ0) is 10.7. The summed E-state index contributed by atoms with van der Waals surface area (Å²) in [5.41, 5.74) is 0.606. The van der Waals surface area contributed by atoms with Gasteiger partial charge in [-0.3, -0.25) is 4.79 Å². The second-order valence-electron chi connectivity index (χ2n) is 3.40. The topological polar surface area (TPSA) is 50.9 Å². The molecule has 0 bridgehead atoms. The molecule has 15 heavy (non-hydrogen) atoms. The van der Waals surface area contributed by atoms with Crippen LogP contribution in [0.3, 0.4) is 0 Å². The van der Waals surface area contributed by atoms with Crippen molar-refractivity contribution in [3.05, 3.63) is 29.8 Å². The second kappa shape index (κ2) is 4.31. The minimum atomic E-state index is -0.0931. The zero-order valence-corrected chi connectivity index (χ0v) is 8.53. The first-order valence-corrected chi connectivity index (χ1v) is 4.83. The van der Waals surface area contributed by atoms with Gasteiger partial charge >= 0.3 is 0 Å². The lowest BCUT2D eigenvalue weighted by atomic mass is 10.2. The Balaban J connectivity index is 1.96. The minimum absolute atomic E-state index is 0.0931. The van der Waals surface area contributed by atoms with Crippen molar-refractivity contribution in [3.8, 4) is 5.75 Å². The summed E-state index contributed by atoms with van der Waals surface area (Å²) in [6.07, 6.45) is 0.208. The highest BCUT2D eigenvalue weighted by molar-refractivity contribution is 5.94. The standard InChI is InChI=1S/C11H13NO3/c1-14-9-4-2-3-8(5-9)11(13)12-6-10-7-15-10/h2-5,10H,6-7H2,1H3,(H,12,13)/t10-/m0/s1. The van der Waals surface area contributed by atoms with E-state index in [2.05, 4.69) is 5.32 Å². The Morgan fingerprint density at radius 2 is 2.47 bits per heavy atom. The predicted octanol–water partition coefficient (Wildman–Crippen LogP) is 0.824. The number of carbonyl (C=O) groups excluding carboxylic acids is 1. The number of methoxy groups -OCH3 is 1. The molecule has 0 unspecified atom stereocenters. The largest absolute Gasteiger partial charge is 0.497 e. The van der Waals surface area contributed by atoms with Crippen LogP contribution in [0.5, 0.6) is 5.75 Å². The molecule has 1 fully saturated rings. The number of hydrogen-bond acceptors (Lipinski definition) is 3. The quantitative estimate of drug-likeness (QED) is 0.744. The van der Waals surface area contributed by atoms with Gasteiger partial charge in [-0.2, -0.15) is 0 Å². The predicted molar refractivity (Wildman–Crippen MR) is 55.1 cm³/mol. The molecule has 1 atom stereocenters. The molecule has 2 rings (SSSR count). The first-order valence-electron chi connectivity index (χ1n) is 4.83. The molecule has 1 N–H and O–H groups in total. The molecule has 80 valence electrons. The van der Waals surface area contributed by atoms with E-state index in [0.717, 1.165) is 6.61 Å². The lowest BCUT2D eigenvalue weighted by molar-refractivity contribution is 0.0950. The van der Waals surface area contributed by atoms with Gasteiger partial charge in [-0.25, -0.2) is 0 Å². The lowest BCUT2D eigenvalue weighted by Gasteiger charge is -2.04. The molecule has 1 saturated heterocycles. The smallest absolute Gasteiger partial charge is 0.251 e. The first-order chi connectivity index (χ1) is 7.29. The van der Waals surface area contributed by atoms with Gasteiger partial charge in [0.2, 0.25) is 0 Å². The van der Waals surface area contributed by atoms with Crippen molar-refractivity contribution in [3.63, 3.8) is 0 Å². The van der Waals surface area contributed by atoms with E-state index in [1.807, 2.05) is 0 Å². The van der Waals surface area contributed by atoms with Crippen molar-refractivity contribution < 1.29 is 14.3 Å². The fraction of sp³-hybridized carbons (Fsp3) is 0.364. The number of amides is 1. The SMILES string of the molecule is COc1cccc(C(=O)NC[C@H]2CO2)c1. The number of carbonyl (C=O) groups is 1. The molecular formula is C11H13NO3. The highest BCUT2D eigenvalue weighted by atomic mass is 16.6. The van der Waals surface area contributed by atoms with Crippen LogP contribution in [0.25, 0.3) is 0 Å². The van der Waals surface area contributed by atoms with Crippen LogP contribution >= 0.6 is 0 Å². The Labute approximate surface area is 88.2 Å². The van der Waals surface area contributed by atoms with E-state index in [4.69, 9.17) is 9.47 Å². The molecule has 1 aliphatic heterocycles. The number of ether oxygens (including phenoxy) is 2. The minimum Gasteiger partial charge on any atom is -0.497 e. The van der Waals surface area contributed by atoms with Crippen LogP contribution in [0.15, 0.2) is 24.3 Å². The summed E-state index contributed by atoms with van der Waals surface area (Å²) in [5, 5.41) is 2.79. The third-order valence-electron chi connectivity index (χ3n) is 2.22. The van der Waals surface area contributed by atoms with E-state index in [0.29, 0.717) is 17.9 Å². The normalized spacial score (nSPS) is 18.3. The van der Waals surface area contributed by atoms with Gasteiger partial charge in [0, 0.05) is 12.1 Å². The molecule has 0 spiro atoms. The average Bonchev–Trinajstić information content (AvgIpc) is 3.10. The average molecular weight is 207 g/mol. The van der Waals surface area contributed by atoms with E-state index >= 15 is 0 Å². The molecular weight excluding hydrogens is 194 g/mol. The van der Waals surface area contributed by atoms with Crippen LogP contribution in [-0.4, -0.2) is 32.3 Å². The van der Waals surface area contributed by atoms with E-state index in [1.54, 1.807) is 31.4 Å². The van der Waals surface area contributed by atoms with Crippen LogP contribution in [-0.2, 0) is 4.74 Å². The Bertz CT molecular complexity index is 361. The summed E-state index contributed by atoms with van der Waals surface area (Å²) in [7, 11) is 1.58. The molecule has 0 aliphatic carbocycles. The van der Waals surface area contributed by atoms with Crippen molar-refractivity contribution in [1.29, 1.82) is 0 Å². The van der Waals surface area contributed by atoms with Gasteiger partial charge in [0.05, 0.1) is 19.8 Å². The number of rotatable bonds is 4. The van der Waals surface area contributed by atoms with Crippen molar-refractivity contribution in [2.75, 3.05) is 20.3 Å². The van der Waals surface area contributed by atoms with Crippen molar-refractivity contribution in [2.45, 2.75) is 6.10 Å². The summed E-state index contributed by atoms with van der Waals surface area (Å²) >= 11 is 0. The number of nitrogens with one attached hydrogen (secondary N) is 1. The van der Waals surface area contributed by atoms with E-state index in [9.17, 15) is 4.79 Å². The molecule has 0 aromatic heterocycles. The Kier molecular flexibility index (Phi) is 2.87. The van der Waals surface area contributed by atoms with Crippen molar-refractivity contribution in [1.82, 2.24) is 5.32 Å². The molecule has 0 radical (unpaired) electrons. The van der Waals surface area contributed by atoms with Gasteiger partial charge in [0.15, 0.2) is 0 Å². The maximum atomic E-state index is 11.6. The lowest BCUT2D eigenvalue weighted by Crippen LogP contribution is -2.27. The fourth-order valence-corrected chi connectivity index (χ4v) is 1.26. The number of benzene rings is 1. The van der Waals surface area contributed by atoms with Gasteiger partial charge in [0.25, 0.3) is 5.91 Å². The van der Waals surface area contributed by atoms with Crippen LogP contribution in [0, 0.1) is 0 Å². The number of hydrogen-bond donors (Lipinski definition) is 1. The van der Waals surface area contributed by atoms with Crippen molar-refractivity contribution >= 4 is 5.91 Å². The van der Waals surface area contributed by atoms with E-state index in [1.165, 1.54) is 0 Å². The maximum Gasteiger partial charge on any atom is 0.251 e. The van der Waals surface area contributed by atoms with Gasteiger partial charge in [0.1, 0.15) is 5.75 Å². The summed E-state index contributed by atoms with van der Waals surface area (Å²) in [4.78, 5) is 11.6. The van der Waals surface area contributed by atoms with Crippen LogP contribution in [0.1, 0.15) is 10.4 Å². The summed E-state index contributed by atoms with van der Waals surface area (Å²) in [6.45, 7) is 1.33. The number of epoxide rings is 1. The third-order valence-corrected chi connectivity index (χ3v) is 2.22. The summed E-state index contributed by atoms with van der Waals surface area (Å²) < 4.78 is 10.0. The van der Waals surface area contributed by atoms with Gasteiger partial charge in [-0.05, 0) is 18.2 Å². The maximum absolute atomic E-state index is 11.6. The summed E-state index contributed by atoms with van der Waals surface area (Å²) in [5.74, 6) is 0.592.